The summed E-state index contributed by atoms with van der Waals surface area (Å²) in [5.41, 5.74) is 0.841. The van der Waals surface area contributed by atoms with Crippen LogP contribution in [0.1, 0.15) is 48.1 Å². The summed E-state index contributed by atoms with van der Waals surface area (Å²) in [5.74, 6) is 1.18. The maximum absolute atomic E-state index is 12.5. The molecule has 0 aliphatic heterocycles. The van der Waals surface area contributed by atoms with Crippen LogP contribution in [0.2, 0.25) is 10.0 Å². The Morgan fingerprint density at radius 3 is 2.86 bits per heavy atom. The number of thioether (sulfide) groups is 1. The van der Waals surface area contributed by atoms with E-state index in [1.807, 2.05) is 19.1 Å². The van der Waals surface area contributed by atoms with Crippen molar-refractivity contribution in [2.45, 2.75) is 43.4 Å². The highest BCUT2D eigenvalue weighted by molar-refractivity contribution is 7.99. The van der Waals surface area contributed by atoms with Crippen LogP contribution in [0.3, 0.4) is 0 Å². The highest BCUT2D eigenvalue weighted by Crippen LogP contribution is 2.39. The molecule has 1 amide bonds. The molecule has 1 saturated carbocycles. The molecule has 0 bridgehead atoms. The zero-order chi connectivity index (χ0) is 20.4. The van der Waals surface area contributed by atoms with Gasteiger partial charge in [0, 0.05) is 27.4 Å². The number of hydrogen-bond donors (Lipinski definition) is 1. The van der Waals surface area contributed by atoms with Crippen molar-refractivity contribution in [3.63, 3.8) is 0 Å². The van der Waals surface area contributed by atoms with E-state index in [9.17, 15) is 4.79 Å². The summed E-state index contributed by atoms with van der Waals surface area (Å²) in [4.78, 5) is 13.7. The average Bonchev–Trinajstić information content (AvgIpc) is 3.22. The lowest BCUT2D eigenvalue weighted by Gasteiger charge is -2.16. The fraction of sp³-hybridized carbons (Fsp3) is 0.350. The predicted molar refractivity (Wildman–Crippen MR) is 119 cm³/mol. The number of benzene rings is 1. The smallest absolute Gasteiger partial charge is 0.230 e. The van der Waals surface area contributed by atoms with Crippen molar-refractivity contribution in [3.8, 4) is 0 Å². The molecule has 2 heterocycles. The van der Waals surface area contributed by atoms with Gasteiger partial charge in [-0.25, -0.2) is 0 Å². The second-order valence-electron chi connectivity index (χ2n) is 7.00. The number of aromatic nitrogens is 3. The largest absolute Gasteiger partial charge is 0.349 e. The first-order chi connectivity index (χ1) is 14.0. The minimum atomic E-state index is -0.205. The number of amides is 1. The normalized spacial score (nSPS) is 14.7. The van der Waals surface area contributed by atoms with E-state index in [1.54, 1.807) is 23.5 Å². The third-order valence-electron chi connectivity index (χ3n) is 4.70. The van der Waals surface area contributed by atoms with E-state index in [1.165, 1.54) is 16.6 Å². The third kappa shape index (κ3) is 5.15. The Bertz CT molecular complexity index is 1000. The van der Waals surface area contributed by atoms with Crippen LogP contribution in [0.4, 0.5) is 0 Å². The van der Waals surface area contributed by atoms with Gasteiger partial charge in [0.1, 0.15) is 5.82 Å². The summed E-state index contributed by atoms with van der Waals surface area (Å²) in [6.45, 7) is 1.91. The molecule has 29 heavy (non-hydrogen) atoms. The molecule has 152 valence electrons. The lowest BCUT2D eigenvalue weighted by molar-refractivity contribution is -0.119. The summed E-state index contributed by atoms with van der Waals surface area (Å²) in [5, 5.41) is 15.7. The van der Waals surface area contributed by atoms with Crippen molar-refractivity contribution in [2.24, 2.45) is 0 Å². The molecule has 0 spiro atoms. The standard InChI is InChI=1S/C20H20Cl2N4OS2/c1-12(16-7-4-13(21)9-17(16)22)23-19(27)11-29-20-25-24-18(26(20)14-5-6-14)10-15-3-2-8-28-15/h2-4,7-9,12,14H,5-6,10-11H2,1H3,(H,23,27)/t12-/m1/s1. The van der Waals surface area contributed by atoms with Crippen molar-refractivity contribution in [2.75, 3.05) is 5.75 Å². The second kappa shape index (κ2) is 9.08. The van der Waals surface area contributed by atoms with Crippen molar-refractivity contribution >= 4 is 52.2 Å². The van der Waals surface area contributed by atoms with Gasteiger partial charge in [-0.2, -0.15) is 0 Å². The minimum absolute atomic E-state index is 0.0707. The maximum atomic E-state index is 12.5. The highest BCUT2D eigenvalue weighted by atomic mass is 35.5. The molecule has 1 aliphatic carbocycles. The Balaban J connectivity index is 1.38. The molecular weight excluding hydrogens is 447 g/mol. The number of nitrogens with zero attached hydrogens (tertiary/aromatic N) is 3. The molecule has 0 radical (unpaired) electrons. The van der Waals surface area contributed by atoms with Gasteiger partial charge >= 0.3 is 0 Å². The number of carbonyl (C=O) groups excluding carboxylic acids is 1. The van der Waals surface area contributed by atoms with Gasteiger partial charge in [0.2, 0.25) is 5.91 Å². The minimum Gasteiger partial charge on any atom is -0.349 e. The Hall–Kier alpha value is -1.54. The molecule has 1 N–H and O–H groups in total. The maximum Gasteiger partial charge on any atom is 0.230 e. The quantitative estimate of drug-likeness (QED) is 0.442. The number of nitrogens with one attached hydrogen (secondary N) is 1. The lowest BCUT2D eigenvalue weighted by atomic mass is 10.1. The first-order valence-corrected chi connectivity index (χ1v) is 12.0. The van der Waals surface area contributed by atoms with Crippen LogP contribution in [0.25, 0.3) is 0 Å². The van der Waals surface area contributed by atoms with Crippen LogP contribution in [-0.4, -0.2) is 26.4 Å². The molecule has 1 atom stereocenters. The molecule has 2 aromatic heterocycles. The molecule has 0 saturated heterocycles. The topological polar surface area (TPSA) is 59.8 Å². The third-order valence-corrected chi connectivity index (χ3v) is 7.08. The van der Waals surface area contributed by atoms with Crippen molar-refractivity contribution in [1.82, 2.24) is 20.1 Å². The second-order valence-corrected chi connectivity index (χ2v) is 9.82. The van der Waals surface area contributed by atoms with Gasteiger partial charge in [0.25, 0.3) is 0 Å². The van der Waals surface area contributed by atoms with Crippen LogP contribution in [0, 0.1) is 0 Å². The Morgan fingerprint density at radius 1 is 1.34 bits per heavy atom. The Labute approximate surface area is 187 Å². The molecule has 0 unspecified atom stereocenters. The summed E-state index contributed by atoms with van der Waals surface area (Å²) in [7, 11) is 0. The van der Waals surface area contributed by atoms with Crippen molar-refractivity contribution in [3.05, 3.63) is 62.0 Å². The number of halogens is 2. The Morgan fingerprint density at radius 2 is 2.17 bits per heavy atom. The average molecular weight is 467 g/mol. The zero-order valence-corrected chi connectivity index (χ0v) is 18.9. The van der Waals surface area contributed by atoms with Crippen LogP contribution in [0.5, 0.6) is 0 Å². The Kier molecular flexibility index (Phi) is 6.49. The van der Waals surface area contributed by atoms with Crippen molar-refractivity contribution in [1.29, 1.82) is 0 Å². The van der Waals surface area contributed by atoms with Gasteiger partial charge in [0.15, 0.2) is 5.16 Å². The molecule has 5 nitrogen and oxygen atoms in total. The molecule has 1 aliphatic rings. The fourth-order valence-electron chi connectivity index (χ4n) is 3.14. The first kappa shape index (κ1) is 20.7. The van der Waals surface area contributed by atoms with Gasteiger partial charge < -0.3 is 9.88 Å². The van der Waals surface area contributed by atoms with E-state index in [-0.39, 0.29) is 17.7 Å². The number of carbonyl (C=O) groups is 1. The van der Waals surface area contributed by atoms with Gasteiger partial charge in [-0.1, -0.05) is 47.1 Å². The monoisotopic (exact) mass is 466 g/mol. The van der Waals surface area contributed by atoms with E-state index in [0.29, 0.717) is 16.1 Å². The summed E-state index contributed by atoms with van der Waals surface area (Å²) >= 11 is 15.3. The van der Waals surface area contributed by atoms with E-state index in [4.69, 9.17) is 23.2 Å². The molecule has 1 fully saturated rings. The van der Waals surface area contributed by atoms with Gasteiger partial charge in [-0.3, -0.25) is 4.79 Å². The molecule has 9 heteroatoms. The van der Waals surface area contributed by atoms with Gasteiger partial charge in [0.05, 0.1) is 11.8 Å². The molecule has 1 aromatic carbocycles. The molecular formula is C20H20Cl2N4OS2. The van der Waals surface area contributed by atoms with Crippen LogP contribution >= 0.6 is 46.3 Å². The van der Waals surface area contributed by atoms with E-state index in [0.717, 1.165) is 35.8 Å². The number of thiophene rings is 1. The lowest BCUT2D eigenvalue weighted by Crippen LogP contribution is -2.28. The molecule has 3 aromatic rings. The van der Waals surface area contributed by atoms with Gasteiger partial charge in [-0.15, -0.1) is 21.5 Å². The van der Waals surface area contributed by atoms with Crippen LogP contribution < -0.4 is 5.32 Å². The first-order valence-electron chi connectivity index (χ1n) is 9.34. The van der Waals surface area contributed by atoms with Crippen molar-refractivity contribution < 1.29 is 4.79 Å². The van der Waals surface area contributed by atoms with E-state index < -0.39 is 0 Å². The number of rotatable bonds is 8. The van der Waals surface area contributed by atoms with Crippen LogP contribution in [0.15, 0.2) is 40.9 Å². The highest BCUT2D eigenvalue weighted by Gasteiger charge is 2.30. The summed E-state index contributed by atoms with van der Waals surface area (Å²) < 4.78 is 2.21. The van der Waals surface area contributed by atoms with E-state index in [2.05, 4.69) is 31.5 Å². The van der Waals surface area contributed by atoms with Crippen LogP contribution in [-0.2, 0) is 11.2 Å². The summed E-state index contributed by atoms with van der Waals surface area (Å²) in [6, 6.07) is 9.70. The fourth-order valence-corrected chi connectivity index (χ4v) is 5.25. The predicted octanol–water partition coefficient (Wildman–Crippen LogP) is 5.54. The van der Waals surface area contributed by atoms with Gasteiger partial charge in [-0.05, 0) is 48.9 Å². The van der Waals surface area contributed by atoms with E-state index >= 15 is 0 Å². The zero-order valence-electron chi connectivity index (χ0n) is 15.8. The SMILES string of the molecule is C[C@@H](NC(=O)CSc1nnc(Cc2cccs2)n1C1CC1)c1ccc(Cl)cc1Cl. The molecule has 4 rings (SSSR count). The summed E-state index contributed by atoms with van der Waals surface area (Å²) in [6.07, 6.45) is 3.06. The number of hydrogen-bond acceptors (Lipinski definition) is 5.